The number of esters is 3. The Morgan fingerprint density at radius 1 is 0.356 bits per heavy atom. The van der Waals surface area contributed by atoms with Gasteiger partial charge in [-0.1, -0.05) is 169 Å². The maximum Gasteiger partial charge on any atom is 0.306 e. The molecule has 0 heterocycles. The van der Waals surface area contributed by atoms with Gasteiger partial charge in [-0.25, -0.2) is 0 Å². The number of ether oxygens (including phenoxy) is 3. The molecule has 0 aliphatic carbocycles. The van der Waals surface area contributed by atoms with Gasteiger partial charge < -0.3 is 14.2 Å². The Labute approximate surface area is 361 Å². The summed E-state index contributed by atoms with van der Waals surface area (Å²) in [5.41, 5.74) is 0. The van der Waals surface area contributed by atoms with Gasteiger partial charge in [-0.3, -0.25) is 14.4 Å². The first-order chi connectivity index (χ1) is 29.0. The van der Waals surface area contributed by atoms with Crippen molar-refractivity contribution in [2.24, 2.45) is 0 Å². The SMILES string of the molecule is CC/C=C\C/C=C\C/C=C\C/C=C\CCCCCC(=O)OCC(COC(=O)CCCC/C=C\C/C=C\C/C=C\CC)OC(=O)CC/C=C\C/C=C\CCCCCCCC. The van der Waals surface area contributed by atoms with Crippen LogP contribution in [0.25, 0.3) is 0 Å². The number of hydrogen-bond acceptors (Lipinski definition) is 6. The van der Waals surface area contributed by atoms with Crippen LogP contribution in [0, 0.1) is 0 Å². The minimum atomic E-state index is -0.837. The molecule has 0 saturated heterocycles. The van der Waals surface area contributed by atoms with Crippen molar-refractivity contribution in [1.82, 2.24) is 0 Å². The second kappa shape index (κ2) is 46.8. The lowest BCUT2D eigenvalue weighted by molar-refractivity contribution is -0.166. The van der Waals surface area contributed by atoms with Crippen molar-refractivity contribution in [3.05, 3.63) is 109 Å². The summed E-state index contributed by atoms with van der Waals surface area (Å²) in [7, 11) is 0. The molecular formula is C53H84O6. The number of carbonyl (C=O) groups excluding carboxylic acids is 3. The maximum atomic E-state index is 12.7. The van der Waals surface area contributed by atoms with E-state index in [1.165, 1.54) is 38.5 Å². The number of unbranched alkanes of at least 4 members (excludes halogenated alkanes) is 11. The van der Waals surface area contributed by atoms with Gasteiger partial charge in [0.2, 0.25) is 0 Å². The highest BCUT2D eigenvalue weighted by atomic mass is 16.6. The predicted molar refractivity (Wildman–Crippen MR) is 251 cm³/mol. The first-order valence-corrected chi connectivity index (χ1v) is 23.4. The number of carbonyl (C=O) groups is 3. The van der Waals surface area contributed by atoms with Crippen LogP contribution >= 0.6 is 0 Å². The Morgan fingerprint density at radius 2 is 0.695 bits per heavy atom. The summed E-state index contributed by atoms with van der Waals surface area (Å²) in [5, 5.41) is 0. The summed E-state index contributed by atoms with van der Waals surface area (Å²) in [6.45, 7) is 6.25. The molecule has 0 aromatic heterocycles. The van der Waals surface area contributed by atoms with Crippen molar-refractivity contribution in [2.75, 3.05) is 13.2 Å². The van der Waals surface area contributed by atoms with E-state index < -0.39 is 12.1 Å². The van der Waals surface area contributed by atoms with Gasteiger partial charge in [0.1, 0.15) is 13.2 Å². The van der Waals surface area contributed by atoms with E-state index in [1.807, 2.05) is 6.08 Å². The maximum absolute atomic E-state index is 12.7. The van der Waals surface area contributed by atoms with E-state index in [0.29, 0.717) is 19.3 Å². The van der Waals surface area contributed by atoms with Crippen molar-refractivity contribution in [1.29, 1.82) is 0 Å². The molecule has 0 aromatic rings. The van der Waals surface area contributed by atoms with Gasteiger partial charge in [0.05, 0.1) is 0 Å². The van der Waals surface area contributed by atoms with E-state index in [9.17, 15) is 14.4 Å². The zero-order chi connectivity index (χ0) is 43.0. The van der Waals surface area contributed by atoms with E-state index in [4.69, 9.17) is 14.2 Å². The molecule has 0 aliphatic heterocycles. The molecule has 1 atom stereocenters. The molecule has 0 aliphatic rings. The predicted octanol–water partition coefficient (Wildman–Crippen LogP) is 15.2. The minimum Gasteiger partial charge on any atom is -0.462 e. The van der Waals surface area contributed by atoms with E-state index in [-0.39, 0.29) is 38.0 Å². The van der Waals surface area contributed by atoms with Crippen molar-refractivity contribution in [3.8, 4) is 0 Å². The fourth-order valence-electron chi connectivity index (χ4n) is 5.79. The van der Waals surface area contributed by atoms with Gasteiger partial charge in [0.15, 0.2) is 6.10 Å². The quantitative estimate of drug-likeness (QED) is 0.0265. The summed E-state index contributed by atoms with van der Waals surface area (Å²) < 4.78 is 16.6. The number of hydrogen-bond donors (Lipinski definition) is 0. The molecule has 0 N–H and O–H groups in total. The Balaban J connectivity index is 4.58. The standard InChI is InChI=1S/C53H84O6/c1-4-7-10-13-16-19-22-25-26-27-29-31-34-37-40-43-46-52(55)58-49-50(48-57-51(54)45-42-39-36-33-30-24-21-18-15-12-9-6-3)59-53(56)47-44-41-38-35-32-28-23-20-17-14-11-8-5-2/h7,9-10,12,16,18-19,21,25-26,28-33,38,41,50H,4-6,8,11,13-15,17,20,22-24,27,34-37,39-40,42-49H2,1-3H3/b10-7-,12-9-,19-16-,21-18-,26-25-,31-29-,32-28-,33-30-,41-38-. The molecule has 6 heteroatoms. The van der Waals surface area contributed by atoms with Crippen LogP contribution in [0.2, 0.25) is 0 Å². The Morgan fingerprint density at radius 3 is 1.14 bits per heavy atom. The number of allylic oxidation sites excluding steroid dienone is 18. The van der Waals surface area contributed by atoms with Gasteiger partial charge in [-0.05, 0) is 109 Å². The van der Waals surface area contributed by atoms with Gasteiger partial charge in [-0.2, -0.15) is 0 Å². The first-order valence-electron chi connectivity index (χ1n) is 23.4. The van der Waals surface area contributed by atoms with Gasteiger partial charge in [-0.15, -0.1) is 0 Å². The van der Waals surface area contributed by atoms with Crippen LogP contribution < -0.4 is 0 Å². The van der Waals surface area contributed by atoms with Crippen molar-refractivity contribution < 1.29 is 28.6 Å². The largest absolute Gasteiger partial charge is 0.462 e. The smallest absolute Gasteiger partial charge is 0.306 e. The van der Waals surface area contributed by atoms with Crippen LogP contribution in [0.5, 0.6) is 0 Å². The minimum absolute atomic E-state index is 0.132. The molecule has 0 saturated carbocycles. The van der Waals surface area contributed by atoms with E-state index in [1.54, 1.807) is 0 Å². The van der Waals surface area contributed by atoms with Crippen LogP contribution in [0.15, 0.2) is 109 Å². The van der Waals surface area contributed by atoms with E-state index in [2.05, 4.69) is 124 Å². The van der Waals surface area contributed by atoms with Crippen LogP contribution in [0.3, 0.4) is 0 Å². The molecule has 6 nitrogen and oxygen atoms in total. The molecule has 0 rings (SSSR count). The third kappa shape index (κ3) is 45.0. The molecule has 59 heavy (non-hydrogen) atoms. The van der Waals surface area contributed by atoms with Crippen molar-refractivity contribution in [2.45, 2.75) is 194 Å². The molecule has 1 unspecified atom stereocenters. The lowest BCUT2D eigenvalue weighted by Crippen LogP contribution is -2.30. The van der Waals surface area contributed by atoms with E-state index >= 15 is 0 Å². The fourth-order valence-corrected chi connectivity index (χ4v) is 5.79. The second-order valence-corrected chi connectivity index (χ2v) is 14.9. The Bertz CT molecular complexity index is 1260. The highest BCUT2D eigenvalue weighted by molar-refractivity contribution is 5.71. The Kier molecular flexibility index (Phi) is 43.6. The molecule has 332 valence electrons. The van der Waals surface area contributed by atoms with Crippen LogP contribution in [-0.2, 0) is 28.6 Å². The lowest BCUT2D eigenvalue weighted by Gasteiger charge is -2.18. The summed E-state index contributed by atoms with van der Waals surface area (Å²) >= 11 is 0. The molecule has 0 bridgehead atoms. The van der Waals surface area contributed by atoms with Crippen molar-refractivity contribution in [3.63, 3.8) is 0 Å². The normalized spacial score (nSPS) is 13.1. The van der Waals surface area contributed by atoms with E-state index in [0.717, 1.165) is 96.3 Å². The molecule has 0 amide bonds. The molecule has 0 radical (unpaired) electrons. The zero-order valence-corrected chi connectivity index (χ0v) is 37.7. The van der Waals surface area contributed by atoms with Gasteiger partial charge in [0, 0.05) is 19.3 Å². The first kappa shape index (κ1) is 55.1. The third-order valence-corrected chi connectivity index (χ3v) is 9.26. The second-order valence-electron chi connectivity index (χ2n) is 14.9. The van der Waals surface area contributed by atoms with Crippen LogP contribution in [-0.4, -0.2) is 37.2 Å². The summed E-state index contributed by atoms with van der Waals surface area (Å²) in [6, 6.07) is 0. The van der Waals surface area contributed by atoms with Crippen molar-refractivity contribution >= 4 is 17.9 Å². The fraction of sp³-hybridized carbons (Fsp3) is 0.604. The summed E-state index contributed by atoms with van der Waals surface area (Å²) in [4.78, 5) is 37.7. The number of rotatable bonds is 40. The summed E-state index contributed by atoms with van der Waals surface area (Å²) in [5.74, 6) is -1.08. The average Bonchev–Trinajstić information content (AvgIpc) is 3.23. The highest BCUT2D eigenvalue weighted by Gasteiger charge is 2.19. The Hall–Kier alpha value is -3.93. The molecule has 0 aromatic carbocycles. The average molecular weight is 817 g/mol. The molecular weight excluding hydrogens is 733 g/mol. The lowest BCUT2D eigenvalue weighted by atomic mass is 10.1. The van der Waals surface area contributed by atoms with Gasteiger partial charge in [0.25, 0.3) is 0 Å². The van der Waals surface area contributed by atoms with Gasteiger partial charge >= 0.3 is 17.9 Å². The highest BCUT2D eigenvalue weighted by Crippen LogP contribution is 2.10. The third-order valence-electron chi connectivity index (χ3n) is 9.26. The topological polar surface area (TPSA) is 78.9 Å². The van der Waals surface area contributed by atoms with Crippen LogP contribution in [0.1, 0.15) is 188 Å². The molecule has 0 fully saturated rings. The summed E-state index contributed by atoms with van der Waals surface area (Å²) in [6.07, 6.45) is 62.3. The monoisotopic (exact) mass is 817 g/mol. The molecule has 0 spiro atoms. The van der Waals surface area contributed by atoms with Crippen LogP contribution in [0.4, 0.5) is 0 Å². The zero-order valence-electron chi connectivity index (χ0n) is 37.7.